The molecular weight excluding hydrogens is 249 g/mol. The van der Waals surface area contributed by atoms with Gasteiger partial charge in [-0.15, -0.1) is 0 Å². The van der Waals surface area contributed by atoms with Gasteiger partial charge in [-0.2, -0.15) is 0 Å². The number of carbonyl (C=O) groups is 1. The van der Waals surface area contributed by atoms with E-state index in [-0.39, 0.29) is 5.75 Å². The molecule has 0 saturated carbocycles. The van der Waals surface area contributed by atoms with Crippen molar-refractivity contribution in [1.82, 2.24) is 5.32 Å². The Hall–Kier alpha value is -1.62. The average Bonchev–Trinajstić information content (AvgIpc) is 2.32. The number of nitrogens with one attached hydrogen (secondary N) is 1. The van der Waals surface area contributed by atoms with Gasteiger partial charge in [0.05, 0.1) is 12.0 Å². The Morgan fingerprint density at radius 1 is 1.47 bits per heavy atom. The van der Waals surface area contributed by atoms with Crippen LogP contribution in [-0.4, -0.2) is 24.2 Å². The summed E-state index contributed by atoms with van der Waals surface area (Å²) >= 11 is 0. The molecule has 19 heavy (non-hydrogen) atoms. The minimum atomic E-state index is -0.863. The fourth-order valence-electron chi connectivity index (χ4n) is 1.52. The lowest BCUT2D eigenvalue weighted by Gasteiger charge is -2.19. The van der Waals surface area contributed by atoms with E-state index < -0.39 is 17.2 Å². The highest BCUT2D eigenvalue weighted by molar-refractivity contribution is 5.73. The van der Waals surface area contributed by atoms with Crippen molar-refractivity contribution >= 4 is 5.97 Å². The zero-order chi connectivity index (χ0) is 14.5. The maximum absolute atomic E-state index is 13.6. The number of ether oxygens (including phenoxy) is 1. The highest BCUT2D eigenvalue weighted by Gasteiger charge is 2.26. The summed E-state index contributed by atoms with van der Waals surface area (Å²) in [5.41, 5.74) is -0.0915. The number of benzene rings is 1. The maximum Gasteiger partial charge on any atom is 0.310 e. The number of carboxylic acid groups (broad SMARTS) is 1. The molecule has 1 aromatic carbocycles. The second-order valence-electron chi connectivity index (χ2n) is 4.99. The molecular formula is C14H20FNO3. The first-order valence-electron chi connectivity index (χ1n) is 6.22. The topological polar surface area (TPSA) is 58.6 Å². The minimum absolute atomic E-state index is 0.233. The van der Waals surface area contributed by atoms with E-state index in [2.05, 4.69) is 5.32 Å². The summed E-state index contributed by atoms with van der Waals surface area (Å²) in [5, 5.41) is 12.0. The van der Waals surface area contributed by atoms with Crippen molar-refractivity contribution in [3.63, 3.8) is 0 Å². The molecule has 0 aliphatic rings. The SMILES string of the molecule is CCOc1ccc(CNCC(C)(C)C(=O)O)cc1F. The second-order valence-corrected chi connectivity index (χ2v) is 4.99. The van der Waals surface area contributed by atoms with Crippen LogP contribution in [0.15, 0.2) is 18.2 Å². The van der Waals surface area contributed by atoms with Gasteiger partial charge in [-0.1, -0.05) is 6.07 Å². The predicted molar refractivity (Wildman–Crippen MR) is 70.7 cm³/mol. The van der Waals surface area contributed by atoms with Gasteiger partial charge in [-0.05, 0) is 38.5 Å². The first-order valence-corrected chi connectivity index (χ1v) is 6.22. The molecule has 0 spiro atoms. The molecule has 1 aromatic rings. The molecule has 2 N–H and O–H groups in total. The zero-order valence-electron chi connectivity index (χ0n) is 11.5. The fraction of sp³-hybridized carbons (Fsp3) is 0.500. The van der Waals surface area contributed by atoms with Gasteiger partial charge in [0, 0.05) is 13.1 Å². The molecule has 0 fully saturated rings. The van der Waals surface area contributed by atoms with Crippen LogP contribution in [0, 0.1) is 11.2 Å². The molecule has 4 nitrogen and oxygen atoms in total. The van der Waals surface area contributed by atoms with Gasteiger partial charge in [-0.25, -0.2) is 4.39 Å². The van der Waals surface area contributed by atoms with Gasteiger partial charge in [0.1, 0.15) is 0 Å². The van der Waals surface area contributed by atoms with Crippen LogP contribution in [0.25, 0.3) is 0 Å². The van der Waals surface area contributed by atoms with E-state index in [1.165, 1.54) is 6.07 Å². The normalized spacial score (nSPS) is 11.4. The number of aliphatic carboxylic acids is 1. The molecule has 0 radical (unpaired) electrons. The smallest absolute Gasteiger partial charge is 0.310 e. The standard InChI is InChI=1S/C14H20FNO3/c1-4-19-12-6-5-10(7-11(12)15)8-16-9-14(2,3)13(17)18/h5-7,16H,4,8-9H2,1-3H3,(H,17,18). The summed E-state index contributed by atoms with van der Waals surface area (Å²) in [6, 6.07) is 4.73. The molecule has 1 rings (SSSR count). The van der Waals surface area contributed by atoms with Crippen LogP contribution in [-0.2, 0) is 11.3 Å². The van der Waals surface area contributed by atoms with Crippen molar-refractivity contribution in [2.24, 2.45) is 5.41 Å². The van der Waals surface area contributed by atoms with E-state index >= 15 is 0 Å². The van der Waals surface area contributed by atoms with Crippen LogP contribution in [0.4, 0.5) is 4.39 Å². The van der Waals surface area contributed by atoms with Gasteiger partial charge < -0.3 is 15.2 Å². The van der Waals surface area contributed by atoms with Crippen molar-refractivity contribution in [1.29, 1.82) is 0 Å². The molecule has 0 bridgehead atoms. The van der Waals surface area contributed by atoms with Crippen LogP contribution < -0.4 is 10.1 Å². The first-order chi connectivity index (χ1) is 8.86. The lowest BCUT2D eigenvalue weighted by atomic mass is 9.94. The van der Waals surface area contributed by atoms with E-state index in [0.717, 1.165) is 5.56 Å². The fourth-order valence-corrected chi connectivity index (χ4v) is 1.52. The van der Waals surface area contributed by atoms with Crippen LogP contribution in [0.2, 0.25) is 0 Å². The highest BCUT2D eigenvalue weighted by atomic mass is 19.1. The second kappa shape index (κ2) is 6.52. The summed E-state index contributed by atoms with van der Waals surface area (Å²) in [6.45, 7) is 6.23. The maximum atomic E-state index is 13.6. The Balaban J connectivity index is 2.55. The number of hydrogen-bond donors (Lipinski definition) is 2. The predicted octanol–water partition coefficient (Wildman–Crippen LogP) is 2.42. The third-order valence-corrected chi connectivity index (χ3v) is 2.77. The average molecular weight is 269 g/mol. The molecule has 0 unspecified atom stereocenters. The van der Waals surface area contributed by atoms with Crippen LogP contribution in [0.3, 0.4) is 0 Å². The third-order valence-electron chi connectivity index (χ3n) is 2.77. The van der Waals surface area contributed by atoms with Crippen molar-refractivity contribution in [3.05, 3.63) is 29.6 Å². The molecule has 0 heterocycles. The highest BCUT2D eigenvalue weighted by Crippen LogP contribution is 2.19. The van der Waals surface area contributed by atoms with E-state index in [1.54, 1.807) is 32.9 Å². The van der Waals surface area contributed by atoms with Crippen molar-refractivity contribution in [2.45, 2.75) is 27.3 Å². The lowest BCUT2D eigenvalue weighted by molar-refractivity contribution is -0.146. The Labute approximate surface area is 112 Å². The Morgan fingerprint density at radius 2 is 2.16 bits per heavy atom. The Bertz CT molecular complexity index is 446. The summed E-state index contributed by atoms with van der Waals surface area (Å²) in [4.78, 5) is 10.9. The van der Waals surface area contributed by atoms with Gasteiger partial charge >= 0.3 is 5.97 Å². The lowest BCUT2D eigenvalue weighted by Crippen LogP contribution is -2.35. The van der Waals surface area contributed by atoms with Crippen LogP contribution >= 0.6 is 0 Å². The number of hydrogen-bond acceptors (Lipinski definition) is 3. The van der Waals surface area contributed by atoms with Crippen molar-refractivity contribution < 1.29 is 19.0 Å². The molecule has 0 amide bonds. The van der Waals surface area contributed by atoms with Gasteiger partial charge in [0.15, 0.2) is 11.6 Å². The van der Waals surface area contributed by atoms with Crippen LogP contribution in [0.5, 0.6) is 5.75 Å². The van der Waals surface area contributed by atoms with E-state index in [0.29, 0.717) is 19.7 Å². The number of rotatable bonds is 7. The zero-order valence-corrected chi connectivity index (χ0v) is 11.5. The van der Waals surface area contributed by atoms with Crippen molar-refractivity contribution in [3.8, 4) is 5.75 Å². The molecule has 0 aliphatic carbocycles. The summed E-state index contributed by atoms with van der Waals surface area (Å²) in [5.74, 6) is -1.03. The molecule has 106 valence electrons. The van der Waals surface area contributed by atoms with Gasteiger partial charge in [0.2, 0.25) is 0 Å². The Kier molecular flexibility index (Phi) is 5.30. The quantitative estimate of drug-likeness (QED) is 0.798. The summed E-state index contributed by atoms with van der Waals surface area (Å²) < 4.78 is 18.7. The minimum Gasteiger partial charge on any atom is -0.491 e. The largest absolute Gasteiger partial charge is 0.491 e. The van der Waals surface area contributed by atoms with E-state index in [4.69, 9.17) is 9.84 Å². The summed E-state index contributed by atoms with van der Waals surface area (Å²) in [6.07, 6.45) is 0. The third kappa shape index (κ3) is 4.52. The molecule has 0 aliphatic heterocycles. The molecule has 0 saturated heterocycles. The van der Waals surface area contributed by atoms with E-state index in [9.17, 15) is 9.18 Å². The van der Waals surface area contributed by atoms with E-state index in [1.807, 2.05) is 0 Å². The molecule has 0 aromatic heterocycles. The van der Waals surface area contributed by atoms with Gasteiger partial charge in [0.25, 0.3) is 0 Å². The first kappa shape index (κ1) is 15.4. The van der Waals surface area contributed by atoms with Crippen molar-refractivity contribution in [2.75, 3.05) is 13.2 Å². The Morgan fingerprint density at radius 3 is 2.68 bits per heavy atom. The van der Waals surface area contributed by atoms with Gasteiger partial charge in [-0.3, -0.25) is 4.79 Å². The molecule has 5 heteroatoms. The number of carboxylic acids is 1. The number of halogens is 1. The summed E-state index contributed by atoms with van der Waals surface area (Å²) in [7, 11) is 0. The van der Waals surface area contributed by atoms with Crippen LogP contribution in [0.1, 0.15) is 26.3 Å². The monoisotopic (exact) mass is 269 g/mol. The molecule has 0 atom stereocenters.